The van der Waals surface area contributed by atoms with Crippen molar-refractivity contribution in [2.75, 3.05) is 25.0 Å². The number of aliphatic hydroxyl groups excluding tert-OH is 2. The van der Waals surface area contributed by atoms with Crippen molar-refractivity contribution in [3.8, 4) is 0 Å². The number of imide groups is 1. The fourth-order valence-corrected chi connectivity index (χ4v) is 11.5. The van der Waals surface area contributed by atoms with Crippen LogP contribution in [0.1, 0.15) is 82.3 Å². The van der Waals surface area contributed by atoms with Gasteiger partial charge in [-0.1, -0.05) is 56.3 Å². The van der Waals surface area contributed by atoms with Crippen LogP contribution in [0.3, 0.4) is 0 Å². The second-order valence-corrected chi connectivity index (χ2v) is 18.5. The predicted octanol–water partition coefficient (Wildman–Crippen LogP) is 3.36. The molecule has 0 spiro atoms. The van der Waals surface area contributed by atoms with E-state index in [-0.39, 0.29) is 50.3 Å². The van der Waals surface area contributed by atoms with Gasteiger partial charge in [0.05, 0.1) is 18.8 Å². The highest BCUT2D eigenvalue weighted by atomic mass is 19.1. The molecular formula is C48H52F2N4O11. The lowest BCUT2D eigenvalue weighted by atomic mass is 9.44. The van der Waals surface area contributed by atoms with E-state index < -0.39 is 112 Å². The number of benzene rings is 2. The molecule has 17 heteroatoms. The van der Waals surface area contributed by atoms with Crippen molar-refractivity contribution in [2.45, 2.75) is 101 Å². The maximum Gasteiger partial charge on any atom is 0.253 e. The van der Waals surface area contributed by atoms with Gasteiger partial charge in [-0.2, -0.15) is 0 Å². The van der Waals surface area contributed by atoms with Crippen LogP contribution in [0, 0.1) is 22.7 Å². The largest absolute Gasteiger partial charge is 0.390 e. The Bertz CT molecular complexity index is 2420. The molecule has 12 atom stereocenters. The van der Waals surface area contributed by atoms with Gasteiger partial charge in [-0.05, 0) is 80.0 Å². The van der Waals surface area contributed by atoms with Gasteiger partial charge in [0.15, 0.2) is 29.1 Å². The third-order valence-corrected chi connectivity index (χ3v) is 15.0. The van der Waals surface area contributed by atoms with E-state index in [1.807, 2.05) is 25.1 Å². The number of hydrogen-bond donors (Lipinski definition) is 5. The number of ketones is 2. The minimum Gasteiger partial charge on any atom is -0.390 e. The molecule has 2 aromatic rings. The van der Waals surface area contributed by atoms with Crippen LogP contribution in [0.5, 0.6) is 0 Å². The highest BCUT2D eigenvalue weighted by molar-refractivity contribution is 6.13. The van der Waals surface area contributed by atoms with Gasteiger partial charge in [0.25, 0.3) is 11.8 Å². The molecule has 2 aromatic carbocycles. The van der Waals surface area contributed by atoms with Crippen LogP contribution in [0.2, 0.25) is 0 Å². The van der Waals surface area contributed by atoms with Gasteiger partial charge in [-0.15, -0.1) is 0 Å². The lowest BCUT2D eigenvalue weighted by Gasteiger charge is -2.63. The maximum atomic E-state index is 17.8. The molecule has 0 aromatic heterocycles. The number of alkyl halides is 2. The lowest BCUT2D eigenvalue weighted by molar-refractivity contribution is -0.235. The number of fused-ring (bicyclic) bond motifs is 7. The third-order valence-electron chi connectivity index (χ3n) is 15.0. The molecule has 2 aliphatic heterocycles. The van der Waals surface area contributed by atoms with E-state index in [0.717, 1.165) is 34.3 Å². The van der Waals surface area contributed by atoms with Gasteiger partial charge in [0.2, 0.25) is 17.7 Å². The summed E-state index contributed by atoms with van der Waals surface area (Å²) in [5.74, 6) is -5.74. The molecule has 65 heavy (non-hydrogen) atoms. The van der Waals surface area contributed by atoms with Crippen molar-refractivity contribution in [1.82, 2.24) is 15.5 Å². The van der Waals surface area contributed by atoms with Gasteiger partial charge in [-0.25, -0.2) is 8.78 Å². The van der Waals surface area contributed by atoms with Gasteiger partial charge in [0.1, 0.15) is 18.8 Å². The minimum atomic E-state index is -2.36. The Hall–Kier alpha value is -5.75. The molecular weight excluding hydrogens is 847 g/mol. The Labute approximate surface area is 373 Å². The first-order chi connectivity index (χ1) is 30.8. The van der Waals surface area contributed by atoms with Crippen molar-refractivity contribution in [3.05, 3.63) is 101 Å². The number of rotatable bonds is 13. The maximum absolute atomic E-state index is 17.8. The number of halogens is 2. The van der Waals surface area contributed by atoms with Crippen molar-refractivity contribution in [2.24, 2.45) is 22.7 Å². The van der Waals surface area contributed by atoms with Gasteiger partial charge < -0.3 is 35.6 Å². The van der Waals surface area contributed by atoms with Gasteiger partial charge in [-0.3, -0.25) is 38.5 Å². The number of allylic oxidation sites excluding steroid dienone is 4. The summed E-state index contributed by atoms with van der Waals surface area (Å²) in [5.41, 5.74) is -4.21. The van der Waals surface area contributed by atoms with E-state index in [1.54, 1.807) is 37.3 Å². The van der Waals surface area contributed by atoms with Crippen LogP contribution < -0.4 is 16.0 Å². The average molecular weight is 899 g/mol. The highest BCUT2D eigenvalue weighted by Gasteiger charge is 2.80. The average Bonchev–Trinajstić information content (AvgIpc) is 3.91. The molecule has 5 N–H and O–H groups in total. The van der Waals surface area contributed by atoms with Crippen LogP contribution in [0.15, 0.2) is 84.5 Å². The molecule has 3 saturated carbocycles. The van der Waals surface area contributed by atoms with Crippen LogP contribution in [0.25, 0.3) is 0 Å². The molecule has 1 saturated heterocycles. The summed E-state index contributed by atoms with van der Waals surface area (Å²) in [5, 5.41) is 29.9. The number of carbonyl (C=O) groups excluding carboxylic acids is 7. The minimum absolute atomic E-state index is 0.00338. The Balaban J connectivity index is 0.893. The number of hydrogen-bond acceptors (Lipinski definition) is 11. The Morgan fingerprint density at radius 3 is 2.34 bits per heavy atom. The smallest absolute Gasteiger partial charge is 0.253 e. The van der Waals surface area contributed by atoms with E-state index >= 15 is 8.78 Å². The zero-order chi connectivity index (χ0) is 46.8. The number of anilines is 1. The van der Waals surface area contributed by atoms with Crippen LogP contribution in [-0.2, 0) is 43.0 Å². The summed E-state index contributed by atoms with van der Waals surface area (Å²) in [4.78, 5) is 88.2. The zero-order valence-corrected chi connectivity index (χ0v) is 36.3. The number of carbonyl (C=O) groups is 7. The number of aliphatic hydroxyl groups is 2. The monoisotopic (exact) mass is 898 g/mol. The first-order valence-corrected chi connectivity index (χ1v) is 21.8. The summed E-state index contributed by atoms with van der Waals surface area (Å²) in [6.07, 6.45) is -0.0119. The lowest BCUT2D eigenvalue weighted by Crippen LogP contribution is -2.70. The molecule has 0 radical (unpaired) electrons. The summed E-state index contributed by atoms with van der Waals surface area (Å²) in [7, 11) is 0. The van der Waals surface area contributed by atoms with Crippen molar-refractivity contribution < 1.29 is 62.0 Å². The predicted molar refractivity (Wildman–Crippen MR) is 228 cm³/mol. The SMILES string of the molecule is C[C@@H](c1ccc([C@@H]2O[C@@H]3C[C@H]4[C@@H]5C[C@H](F)C6=CC(=O)C=C[C@]6(C)[C@@]5(F)[C@@H](O)C[C@]4(C)[C@]3(C(=O)CO)O2)cc1)c1cccc(NC(=O)CNC(=O)[C@H](C)NC(=O)CCN2C(=O)C=CC2=O)c1. The standard InChI is InChI=1S/C48H52F2N4O11/c1-25(29-6-5-7-30(18-29)53-40(60)23-51-43(63)26(2)52-39(59)15-17-54-41(61)12-13-42(54)62)27-8-10-28(11-9-27)44-64-38-21-32-33-20-35(49)34-19-31(56)14-16-45(34,3)47(33,50)36(57)22-46(32,4)48(38,65-44)37(58)24-55/h5-14,16,18-19,25-26,32-33,35-36,38,44,55,57H,15,17,20-24H2,1-4H3,(H,51,63)(H,52,59)(H,53,60)/t25-,26-,32-,33-,35-,36-,38+,44+,45-,46-,47-,48+/m0/s1. The third kappa shape index (κ3) is 7.45. The molecule has 8 rings (SSSR count). The fraction of sp³-hybridized carbons (Fsp3) is 0.479. The summed E-state index contributed by atoms with van der Waals surface area (Å²) in [6.45, 7) is 5.24. The fourth-order valence-electron chi connectivity index (χ4n) is 11.5. The van der Waals surface area contributed by atoms with Gasteiger partial charge in [0, 0.05) is 59.0 Å². The molecule has 4 aliphatic carbocycles. The van der Waals surface area contributed by atoms with Crippen LogP contribution in [0.4, 0.5) is 14.5 Å². The number of ether oxygens (including phenoxy) is 2. The Morgan fingerprint density at radius 2 is 1.65 bits per heavy atom. The number of nitrogens with one attached hydrogen (secondary N) is 3. The number of nitrogens with zero attached hydrogens (tertiary/aromatic N) is 1. The van der Waals surface area contributed by atoms with E-state index in [2.05, 4.69) is 16.0 Å². The first kappa shape index (κ1) is 45.8. The van der Waals surface area contributed by atoms with E-state index in [4.69, 9.17) is 9.47 Å². The van der Waals surface area contributed by atoms with E-state index in [9.17, 15) is 43.8 Å². The highest BCUT2D eigenvalue weighted by Crippen LogP contribution is 2.72. The first-order valence-electron chi connectivity index (χ1n) is 21.8. The summed E-state index contributed by atoms with van der Waals surface area (Å²) < 4.78 is 46.8. The molecule has 5 amide bonds. The van der Waals surface area contributed by atoms with E-state index in [1.165, 1.54) is 26.0 Å². The quantitative estimate of drug-likeness (QED) is 0.184. The Morgan fingerprint density at radius 1 is 0.938 bits per heavy atom. The van der Waals surface area contributed by atoms with Crippen molar-refractivity contribution in [3.63, 3.8) is 0 Å². The summed E-state index contributed by atoms with van der Waals surface area (Å²) in [6, 6.07) is 13.5. The van der Waals surface area contributed by atoms with Gasteiger partial charge >= 0.3 is 0 Å². The molecule has 0 bridgehead atoms. The second kappa shape index (κ2) is 16.9. The van der Waals surface area contributed by atoms with Crippen LogP contribution in [-0.4, -0.2) is 112 Å². The second-order valence-electron chi connectivity index (χ2n) is 18.5. The Kier molecular flexibility index (Phi) is 11.9. The number of Topliss-reactive ketones (excluding diaryl/α,β-unsaturated/α-hetero) is 1. The molecule has 6 aliphatic rings. The molecule has 0 unspecified atom stereocenters. The number of amides is 5. The normalized spacial score (nSPS) is 34.2. The molecule has 15 nitrogen and oxygen atoms in total. The molecule has 344 valence electrons. The molecule has 2 heterocycles. The van der Waals surface area contributed by atoms with Crippen molar-refractivity contribution >= 4 is 46.8 Å². The summed E-state index contributed by atoms with van der Waals surface area (Å²) >= 11 is 0. The zero-order valence-electron chi connectivity index (χ0n) is 36.3. The van der Waals surface area contributed by atoms with Crippen molar-refractivity contribution in [1.29, 1.82) is 0 Å². The van der Waals surface area contributed by atoms with E-state index in [0.29, 0.717) is 11.3 Å². The van der Waals surface area contributed by atoms with Crippen LogP contribution >= 0.6 is 0 Å². The topological polar surface area (TPSA) is 218 Å². The molecule has 4 fully saturated rings.